The predicted molar refractivity (Wildman–Crippen MR) is 71.5 cm³/mol. The molecule has 1 heterocycles. The topological polar surface area (TPSA) is 0 Å². The zero-order valence-electron chi connectivity index (χ0n) is 7.81. The number of aryl methyl sites for hydroxylation is 1. The van der Waals surface area contributed by atoms with Crippen LogP contribution in [0.25, 0.3) is 10.1 Å². The fourth-order valence-corrected chi connectivity index (χ4v) is 3.72. The molecule has 0 saturated heterocycles. The molecule has 2 rings (SSSR count). The van der Waals surface area contributed by atoms with Crippen LogP contribution in [-0.4, -0.2) is 0 Å². The van der Waals surface area contributed by atoms with Gasteiger partial charge in [0.1, 0.15) is 0 Å². The molecule has 0 bridgehead atoms. The van der Waals surface area contributed by atoms with Crippen molar-refractivity contribution in [2.75, 3.05) is 0 Å². The van der Waals surface area contributed by atoms with Crippen LogP contribution in [-0.2, 0) is 11.8 Å². The molecular weight excluding hydrogens is 324 g/mol. The molecule has 2 aromatic rings. The van der Waals surface area contributed by atoms with Crippen LogP contribution in [0.3, 0.4) is 0 Å². The first-order valence-corrected chi connectivity index (χ1v) is 7.24. The minimum absolute atomic E-state index is 0.946. The molecule has 1 aromatic heterocycles. The van der Waals surface area contributed by atoms with Gasteiger partial charge in [-0.1, -0.05) is 22.9 Å². The van der Waals surface area contributed by atoms with Crippen molar-refractivity contribution in [1.29, 1.82) is 0 Å². The minimum atomic E-state index is 0.946. The van der Waals surface area contributed by atoms with Gasteiger partial charge in [0.2, 0.25) is 0 Å². The van der Waals surface area contributed by atoms with E-state index in [0.29, 0.717) is 0 Å². The molecule has 0 saturated carbocycles. The number of benzene rings is 1. The highest BCUT2D eigenvalue weighted by molar-refractivity contribution is 9.11. The Hall–Kier alpha value is 0.140. The summed E-state index contributed by atoms with van der Waals surface area (Å²) in [5, 5.41) is 2.30. The standard InChI is InChI=1S/C11H10Br2S/c1-2-7-3-8-5-11(13)14-10(8)4-9(7)6-12/h3-5H,2,6H2,1H3. The Labute approximate surface area is 105 Å². The van der Waals surface area contributed by atoms with Gasteiger partial charge in [-0.25, -0.2) is 0 Å². The summed E-state index contributed by atoms with van der Waals surface area (Å²) in [5.41, 5.74) is 2.86. The van der Waals surface area contributed by atoms with Gasteiger partial charge in [0.05, 0.1) is 3.79 Å². The van der Waals surface area contributed by atoms with Crippen molar-refractivity contribution >= 4 is 53.3 Å². The van der Waals surface area contributed by atoms with Crippen molar-refractivity contribution in [2.24, 2.45) is 0 Å². The van der Waals surface area contributed by atoms with Crippen molar-refractivity contribution in [3.63, 3.8) is 0 Å². The summed E-state index contributed by atoms with van der Waals surface area (Å²) in [6.07, 6.45) is 1.10. The molecule has 0 N–H and O–H groups in total. The molecule has 0 radical (unpaired) electrons. The third-order valence-electron chi connectivity index (χ3n) is 2.33. The summed E-state index contributed by atoms with van der Waals surface area (Å²) < 4.78 is 2.57. The lowest BCUT2D eigenvalue weighted by molar-refractivity contribution is 1.11. The van der Waals surface area contributed by atoms with Crippen LogP contribution in [0.1, 0.15) is 18.1 Å². The van der Waals surface area contributed by atoms with Crippen molar-refractivity contribution in [2.45, 2.75) is 18.7 Å². The second kappa shape index (κ2) is 4.33. The molecule has 74 valence electrons. The molecule has 0 aliphatic heterocycles. The zero-order chi connectivity index (χ0) is 10.1. The maximum Gasteiger partial charge on any atom is 0.0711 e. The molecule has 3 heteroatoms. The molecule has 0 nitrogen and oxygen atoms in total. The summed E-state index contributed by atoms with van der Waals surface area (Å²) >= 11 is 8.86. The number of halogens is 2. The average molecular weight is 334 g/mol. The van der Waals surface area contributed by atoms with Crippen LogP contribution in [0.15, 0.2) is 22.0 Å². The van der Waals surface area contributed by atoms with E-state index in [0.717, 1.165) is 11.8 Å². The predicted octanol–water partition coefficient (Wildman–Crippen LogP) is 5.12. The van der Waals surface area contributed by atoms with Crippen LogP contribution in [0.4, 0.5) is 0 Å². The summed E-state index contributed by atoms with van der Waals surface area (Å²) in [5.74, 6) is 0. The molecule has 0 spiro atoms. The quantitative estimate of drug-likeness (QED) is 0.669. The van der Waals surface area contributed by atoms with Gasteiger partial charge >= 0.3 is 0 Å². The van der Waals surface area contributed by atoms with Crippen molar-refractivity contribution in [3.8, 4) is 0 Å². The van der Waals surface area contributed by atoms with E-state index in [1.54, 1.807) is 11.3 Å². The van der Waals surface area contributed by atoms with Gasteiger partial charge in [-0.2, -0.15) is 0 Å². The SMILES string of the molecule is CCc1cc2cc(Br)sc2cc1CBr. The number of fused-ring (bicyclic) bond motifs is 1. The van der Waals surface area contributed by atoms with Crippen LogP contribution in [0.2, 0.25) is 0 Å². The van der Waals surface area contributed by atoms with E-state index in [2.05, 4.69) is 57.0 Å². The summed E-state index contributed by atoms with van der Waals surface area (Å²) in [6.45, 7) is 2.20. The second-order valence-electron chi connectivity index (χ2n) is 3.20. The largest absolute Gasteiger partial charge is 0.128 e. The molecule has 14 heavy (non-hydrogen) atoms. The van der Waals surface area contributed by atoms with E-state index in [9.17, 15) is 0 Å². The van der Waals surface area contributed by atoms with E-state index in [1.807, 2.05) is 0 Å². The van der Waals surface area contributed by atoms with E-state index in [-0.39, 0.29) is 0 Å². The number of thiophene rings is 1. The number of alkyl halides is 1. The molecule has 0 atom stereocenters. The maximum absolute atomic E-state index is 3.53. The molecule has 0 aliphatic carbocycles. The van der Waals surface area contributed by atoms with Gasteiger partial charge in [-0.05, 0) is 57.1 Å². The van der Waals surface area contributed by atoms with Gasteiger partial charge in [0, 0.05) is 10.0 Å². The molecule has 0 unspecified atom stereocenters. The fourth-order valence-electron chi connectivity index (χ4n) is 1.60. The van der Waals surface area contributed by atoms with Gasteiger partial charge in [0.25, 0.3) is 0 Å². The Balaban J connectivity index is 2.68. The van der Waals surface area contributed by atoms with E-state index in [1.165, 1.54) is 25.0 Å². The molecule has 0 fully saturated rings. The zero-order valence-corrected chi connectivity index (χ0v) is 11.8. The third-order valence-corrected chi connectivity index (χ3v) is 4.54. The number of hydrogen-bond donors (Lipinski definition) is 0. The van der Waals surface area contributed by atoms with Gasteiger partial charge in [0.15, 0.2) is 0 Å². The van der Waals surface area contributed by atoms with Gasteiger partial charge in [-0.3, -0.25) is 0 Å². The minimum Gasteiger partial charge on any atom is -0.128 e. The highest BCUT2D eigenvalue weighted by Crippen LogP contribution is 2.32. The van der Waals surface area contributed by atoms with Gasteiger partial charge < -0.3 is 0 Å². The number of hydrogen-bond acceptors (Lipinski definition) is 1. The van der Waals surface area contributed by atoms with Crippen LogP contribution in [0.5, 0.6) is 0 Å². The normalized spacial score (nSPS) is 11.1. The smallest absolute Gasteiger partial charge is 0.0711 e. The van der Waals surface area contributed by atoms with E-state index in [4.69, 9.17) is 0 Å². The van der Waals surface area contributed by atoms with Crippen molar-refractivity contribution < 1.29 is 0 Å². The highest BCUT2D eigenvalue weighted by Gasteiger charge is 2.05. The second-order valence-corrected chi connectivity index (χ2v) is 6.22. The lowest BCUT2D eigenvalue weighted by Crippen LogP contribution is -1.87. The Kier molecular flexibility index (Phi) is 3.30. The first-order chi connectivity index (χ1) is 6.74. The molecule has 0 aliphatic rings. The molecular formula is C11H10Br2S. The average Bonchev–Trinajstić information content (AvgIpc) is 2.54. The van der Waals surface area contributed by atoms with Crippen molar-refractivity contribution in [3.05, 3.63) is 33.1 Å². The van der Waals surface area contributed by atoms with Crippen LogP contribution < -0.4 is 0 Å². The Morgan fingerprint density at radius 1 is 1.21 bits per heavy atom. The fraction of sp³-hybridized carbons (Fsp3) is 0.273. The van der Waals surface area contributed by atoms with E-state index < -0.39 is 0 Å². The maximum atomic E-state index is 3.53. The third kappa shape index (κ3) is 1.90. The monoisotopic (exact) mass is 332 g/mol. The Bertz CT molecular complexity index is 419. The molecule has 0 amide bonds. The Morgan fingerprint density at radius 3 is 2.64 bits per heavy atom. The van der Waals surface area contributed by atoms with Gasteiger partial charge in [-0.15, -0.1) is 11.3 Å². The van der Waals surface area contributed by atoms with Crippen LogP contribution >= 0.6 is 43.2 Å². The van der Waals surface area contributed by atoms with Crippen LogP contribution in [0, 0.1) is 0 Å². The van der Waals surface area contributed by atoms with E-state index >= 15 is 0 Å². The summed E-state index contributed by atoms with van der Waals surface area (Å²) in [6, 6.07) is 6.78. The lowest BCUT2D eigenvalue weighted by atomic mass is 10.0. The van der Waals surface area contributed by atoms with Crippen molar-refractivity contribution in [1.82, 2.24) is 0 Å². The Morgan fingerprint density at radius 2 is 2.00 bits per heavy atom. The first-order valence-electron chi connectivity index (χ1n) is 4.51. The summed E-state index contributed by atoms with van der Waals surface area (Å²) in [7, 11) is 0. The first kappa shape index (κ1) is 10.7. The summed E-state index contributed by atoms with van der Waals surface area (Å²) in [4.78, 5) is 0. The number of rotatable bonds is 2. The lowest BCUT2D eigenvalue weighted by Gasteiger charge is -2.04. The molecule has 1 aromatic carbocycles. The highest BCUT2D eigenvalue weighted by atomic mass is 79.9.